The van der Waals surface area contributed by atoms with Crippen LogP contribution in [-0.2, 0) is 28.6 Å². The first kappa shape index (κ1) is 58.4. The molecule has 0 spiro atoms. The fourth-order valence-electron chi connectivity index (χ4n) is 8.22. The third-order valence-electron chi connectivity index (χ3n) is 12.3. The van der Waals surface area contributed by atoms with Gasteiger partial charge in [-0.1, -0.05) is 265 Å². The molecule has 1 atom stereocenters. The SMILES string of the molecule is CCCCCCCCCCCCCCCCCCCC(=O)OC[C@@H](COC(=O)CCCCCCCCCCCCC)OC(=O)CCCCCCCCCCCCCC(C)C. The summed E-state index contributed by atoms with van der Waals surface area (Å²) in [6, 6.07) is 0. The van der Waals surface area contributed by atoms with Gasteiger partial charge in [-0.3, -0.25) is 14.4 Å². The Hall–Kier alpha value is -1.59. The van der Waals surface area contributed by atoms with Crippen LogP contribution >= 0.6 is 0 Å². The predicted molar refractivity (Wildman–Crippen MR) is 257 cm³/mol. The first-order valence-corrected chi connectivity index (χ1v) is 26.9. The Kier molecular flexibility index (Phi) is 47.2. The molecule has 0 unspecified atom stereocenters. The van der Waals surface area contributed by atoms with Gasteiger partial charge in [-0.25, -0.2) is 0 Å². The number of hydrogen-bond acceptors (Lipinski definition) is 6. The summed E-state index contributed by atoms with van der Waals surface area (Å²) in [5.74, 6) is -0.0176. The molecule has 0 aromatic rings. The van der Waals surface area contributed by atoms with Crippen molar-refractivity contribution in [3.8, 4) is 0 Å². The van der Waals surface area contributed by atoms with E-state index in [0.29, 0.717) is 19.3 Å². The summed E-state index contributed by atoms with van der Waals surface area (Å²) < 4.78 is 16.8. The molecule has 0 amide bonds. The summed E-state index contributed by atoms with van der Waals surface area (Å²) in [7, 11) is 0. The van der Waals surface area contributed by atoms with Crippen LogP contribution in [0.5, 0.6) is 0 Å². The van der Waals surface area contributed by atoms with Crippen LogP contribution in [0.15, 0.2) is 0 Å². The second-order valence-corrected chi connectivity index (χ2v) is 19.0. The minimum atomic E-state index is -0.761. The van der Waals surface area contributed by atoms with Crippen molar-refractivity contribution in [2.24, 2.45) is 5.92 Å². The van der Waals surface area contributed by atoms with E-state index in [9.17, 15) is 14.4 Å². The largest absolute Gasteiger partial charge is 0.462 e. The number of unbranched alkanes of at least 4 members (excludes halogenated alkanes) is 36. The van der Waals surface area contributed by atoms with Gasteiger partial charge in [0.25, 0.3) is 0 Å². The monoisotopic (exact) mass is 849 g/mol. The van der Waals surface area contributed by atoms with Crippen molar-refractivity contribution in [1.82, 2.24) is 0 Å². The first-order chi connectivity index (χ1) is 29.4. The molecule has 0 aliphatic heterocycles. The van der Waals surface area contributed by atoms with Crippen LogP contribution in [0.25, 0.3) is 0 Å². The van der Waals surface area contributed by atoms with Crippen LogP contribution in [0.1, 0.15) is 304 Å². The molecule has 6 nitrogen and oxygen atoms in total. The molecular weight excluding hydrogens is 745 g/mol. The topological polar surface area (TPSA) is 78.9 Å². The molecule has 0 fully saturated rings. The minimum absolute atomic E-state index is 0.0625. The van der Waals surface area contributed by atoms with Gasteiger partial charge < -0.3 is 14.2 Å². The van der Waals surface area contributed by atoms with E-state index >= 15 is 0 Å². The predicted octanol–water partition coefficient (Wildman–Crippen LogP) is 17.5. The van der Waals surface area contributed by atoms with Crippen molar-refractivity contribution >= 4 is 17.9 Å². The van der Waals surface area contributed by atoms with Crippen molar-refractivity contribution in [2.75, 3.05) is 13.2 Å². The number of carbonyl (C=O) groups excluding carboxylic acids is 3. The number of hydrogen-bond donors (Lipinski definition) is 0. The van der Waals surface area contributed by atoms with Gasteiger partial charge in [0.1, 0.15) is 13.2 Å². The van der Waals surface area contributed by atoms with Crippen molar-refractivity contribution in [1.29, 1.82) is 0 Å². The Labute approximate surface area is 374 Å². The molecule has 0 saturated carbocycles. The maximum absolute atomic E-state index is 12.8. The molecule has 0 saturated heterocycles. The molecule has 0 bridgehead atoms. The zero-order valence-corrected chi connectivity index (χ0v) is 40.9. The van der Waals surface area contributed by atoms with Gasteiger partial charge in [0, 0.05) is 19.3 Å². The quantitative estimate of drug-likeness (QED) is 0.0345. The highest BCUT2D eigenvalue weighted by Gasteiger charge is 2.19. The number of carbonyl (C=O) groups is 3. The fourth-order valence-corrected chi connectivity index (χ4v) is 8.22. The summed E-state index contributed by atoms with van der Waals surface area (Å²) in [5.41, 5.74) is 0. The third kappa shape index (κ3) is 47.5. The van der Waals surface area contributed by atoms with Gasteiger partial charge in [-0.2, -0.15) is 0 Å². The van der Waals surface area contributed by atoms with Gasteiger partial charge in [0.2, 0.25) is 0 Å². The van der Waals surface area contributed by atoms with Crippen molar-refractivity contribution in [3.63, 3.8) is 0 Å². The standard InChI is InChI=1S/C54H104O6/c1-5-7-9-11-13-15-17-18-19-20-21-22-26-30-34-38-42-46-53(56)59-49-51(48-58-52(55)45-41-37-33-29-24-16-14-12-10-8-6-2)60-54(57)47-43-39-35-31-27-23-25-28-32-36-40-44-50(3)4/h50-51H,5-49H2,1-4H3/t51-/m1/s1. The maximum Gasteiger partial charge on any atom is 0.306 e. The molecule has 356 valence electrons. The molecule has 0 aliphatic rings. The van der Waals surface area contributed by atoms with E-state index in [-0.39, 0.29) is 31.1 Å². The lowest BCUT2D eigenvalue weighted by Gasteiger charge is -2.18. The summed E-state index contributed by atoms with van der Waals surface area (Å²) >= 11 is 0. The second kappa shape index (κ2) is 48.4. The van der Waals surface area contributed by atoms with Gasteiger partial charge >= 0.3 is 17.9 Å². The summed E-state index contributed by atoms with van der Waals surface area (Å²) in [6.07, 6.45) is 50.9. The first-order valence-electron chi connectivity index (χ1n) is 26.9. The van der Waals surface area contributed by atoms with Crippen LogP contribution in [0.2, 0.25) is 0 Å². The molecule has 0 radical (unpaired) electrons. The number of esters is 3. The van der Waals surface area contributed by atoms with E-state index in [1.807, 2.05) is 0 Å². The van der Waals surface area contributed by atoms with E-state index in [0.717, 1.165) is 63.7 Å². The Morgan fingerprint density at radius 3 is 0.817 bits per heavy atom. The Morgan fingerprint density at radius 1 is 0.317 bits per heavy atom. The lowest BCUT2D eigenvalue weighted by Crippen LogP contribution is -2.30. The minimum Gasteiger partial charge on any atom is -0.462 e. The van der Waals surface area contributed by atoms with Gasteiger partial charge in [-0.05, 0) is 25.2 Å². The molecular formula is C54H104O6. The van der Waals surface area contributed by atoms with Crippen molar-refractivity contribution < 1.29 is 28.6 Å². The maximum atomic E-state index is 12.8. The fraction of sp³-hybridized carbons (Fsp3) is 0.944. The van der Waals surface area contributed by atoms with Crippen LogP contribution in [-0.4, -0.2) is 37.2 Å². The lowest BCUT2D eigenvalue weighted by atomic mass is 10.0. The molecule has 0 aromatic heterocycles. The van der Waals surface area contributed by atoms with Crippen LogP contribution in [0.3, 0.4) is 0 Å². The van der Waals surface area contributed by atoms with Crippen LogP contribution < -0.4 is 0 Å². The molecule has 0 rings (SSSR count). The highest BCUT2D eigenvalue weighted by Crippen LogP contribution is 2.17. The second-order valence-electron chi connectivity index (χ2n) is 19.0. The zero-order chi connectivity index (χ0) is 43.8. The summed E-state index contributed by atoms with van der Waals surface area (Å²) in [5, 5.41) is 0. The smallest absolute Gasteiger partial charge is 0.306 e. The average molecular weight is 849 g/mol. The molecule has 60 heavy (non-hydrogen) atoms. The van der Waals surface area contributed by atoms with E-state index < -0.39 is 6.10 Å². The van der Waals surface area contributed by atoms with Crippen LogP contribution in [0.4, 0.5) is 0 Å². The van der Waals surface area contributed by atoms with Crippen molar-refractivity contribution in [3.05, 3.63) is 0 Å². The Bertz CT molecular complexity index is 903. The average Bonchev–Trinajstić information content (AvgIpc) is 3.23. The molecule has 6 heteroatoms. The van der Waals surface area contributed by atoms with E-state index in [1.54, 1.807) is 0 Å². The highest BCUT2D eigenvalue weighted by molar-refractivity contribution is 5.71. The molecule has 0 aliphatic carbocycles. The number of ether oxygens (including phenoxy) is 3. The summed E-state index contributed by atoms with van der Waals surface area (Å²) in [4.78, 5) is 38.0. The third-order valence-corrected chi connectivity index (χ3v) is 12.3. The van der Waals surface area contributed by atoms with Gasteiger partial charge in [-0.15, -0.1) is 0 Å². The van der Waals surface area contributed by atoms with E-state index in [1.165, 1.54) is 199 Å². The van der Waals surface area contributed by atoms with Crippen molar-refractivity contribution in [2.45, 2.75) is 310 Å². The lowest BCUT2D eigenvalue weighted by molar-refractivity contribution is -0.167. The molecule has 0 aromatic carbocycles. The summed E-state index contributed by atoms with van der Waals surface area (Å²) in [6.45, 7) is 9.03. The molecule has 0 heterocycles. The molecule has 0 N–H and O–H groups in total. The highest BCUT2D eigenvalue weighted by atomic mass is 16.6. The van der Waals surface area contributed by atoms with Crippen LogP contribution in [0, 0.1) is 5.92 Å². The van der Waals surface area contributed by atoms with Gasteiger partial charge in [0.15, 0.2) is 6.10 Å². The van der Waals surface area contributed by atoms with E-state index in [2.05, 4.69) is 27.7 Å². The normalized spacial score (nSPS) is 11.9. The zero-order valence-electron chi connectivity index (χ0n) is 40.9. The number of rotatable bonds is 49. The van der Waals surface area contributed by atoms with Gasteiger partial charge in [0.05, 0.1) is 0 Å². The van der Waals surface area contributed by atoms with E-state index in [4.69, 9.17) is 14.2 Å². The Morgan fingerprint density at radius 2 is 0.550 bits per heavy atom. The Balaban J connectivity index is 4.28.